The Morgan fingerprint density at radius 1 is 1.14 bits per heavy atom. The zero-order valence-electron chi connectivity index (χ0n) is 25.8. The first kappa shape index (κ1) is 32.8. The number of carbonyl (C=O) groups is 3. The lowest BCUT2D eigenvalue weighted by atomic mass is 9.89. The summed E-state index contributed by atoms with van der Waals surface area (Å²) in [6.07, 6.45) is 5.89. The molecule has 4 amide bonds. The molecule has 2 aliphatic rings. The Bertz CT molecular complexity index is 1380. The topological polar surface area (TPSA) is 150 Å². The smallest absolute Gasteiger partial charge is 0.411 e. The molecule has 2 fully saturated rings. The number of ether oxygens (including phenoxy) is 2. The zero-order chi connectivity index (χ0) is 32.0. The molecule has 1 aliphatic carbocycles. The van der Waals surface area contributed by atoms with E-state index in [9.17, 15) is 14.4 Å². The summed E-state index contributed by atoms with van der Waals surface area (Å²) in [6, 6.07) is 6.33. The molecule has 0 radical (unpaired) electrons. The Morgan fingerprint density at radius 2 is 1.84 bits per heavy atom. The molecule has 4 rings (SSSR count). The first-order valence-corrected chi connectivity index (χ1v) is 15.2. The van der Waals surface area contributed by atoms with E-state index in [1.165, 1.54) is 19.5 Å². The molecular formula is C31H40ClN7O5. The number of benzene rings is 1. The number of carbonyl (C=O) groups excluding carboxylic acids is 3. The van der Waals surface area contributed by atoms with E-state index < -0.39 is 23.2 Å². The summed E-state index contributed by atoms with van der Waals surface area (Å²) in [5.41, 5.74) is -0.0988. The van der Waals surface area contributed by atoms with Crippen molar-refractivity contribution in [3.63, 3.8) is 0 Å². The number of likely N-dealkylation sites (tertiary alicyclic amines) is 1. The van der Waals surface area contributed by atoms with Crippen LogP contribution in [0.5, 0.6) is 5.75 Å². The third kappa shape index (κ3) is 8.72. The normalized spacial score (nSPS) is 16.7. The third-order valence-electron chi connectivity index (χ3n) is 7.73. The molecule has 0 bridgehead atoms. The van der Waals surface area contributed by atoms with Gasteiger partial charge in [0.05, 0.1) is 25.2 Å². The number of halogens is 1. The van der Waals surface area contributed by atoms with Crippen LogP contribution in [-0.4, -0.2) is 75.1 Å². The first-order valence-electron chi connectivity index (χ1n) is 14.8. The molecule has 2 unspecified atom stereocenters. The first-order chi connectivity index (χ1) is 20.9. The number of nitriles is 1. The number of hydrogen-bond donors (Lipinski definition) is 2. The molecule has 2 heterocycles. The Balaban J connectivity index is 1.43. The van der Waals surface area contributed by atoms with Gasteiger partial charge in [0, 0.05) is 31.5 Å². The molecule has 236 valence electrons. The van der Waals surface area contributed by atoms with Crippen molar-refractivity contribution in [3.8, 4) is 11.8 Å². The zero-order valence-corrected chi connectivity index (χ0v) is 26.6. The lowest BCUT2D eigenvalue weighted by Gasteiger charge is -2.41. The highest BCUT2D eigenvalue weighted by Gasteiger charge is 2.39. The fraction of sp³-hybridized carbons (Fsp3) is 0.548. The minimum Gasteiger partial charge on any atom is -0.495 e. The van der Waals surface area contributed by atoms with Crippen LogP contribution in [-0.2, 0) is 16.0 Å². The van der Waals surface area contributed by atoms with Crippen LogP contribution in [0.2, 0.25) is 0 Å². The van der Waals surface area contributed by atoms with Gasteiger partial charge in [-0.2, -0.15) is 5.26 Å². The predicted octanol–water partition coefficient (Wildman–Crippen LogP) is 5.38. The molecule has 12 nitrogen and oxygen atoms in total. The predicted molar refractivity (Wildman–Crippen MR) is 165 cm³/mol. The fourth-order valence-corrected chi connectivity index (χ4v) is 5.68. The van der Waals surface area contributed by atoms with Crippen molar-refractivity contribution in [1.29, 1.82) is 5.26 Å². The second-order valence-corrected chi connectivity index (χ2v) is 12.7. The molecule has 1 saturated heterocycles. The molecule has 2 aromatic rings. The number of hydrogen-bond acceptors (Lipinski definition) is 8. The van der Waals surface area contributed by atoms with E-state index in [4.69, 9.17) is 26.3 Å². The second kappa shape index (κ2) is 14.1. The van der Waals surface area contributed by atoms with Crippen molar-refractivity contribution in [1.82, 2.24) is 19.8 Å². The SMILES string of the molecule is COc1cc(CC(Cl)N(C(=O)OC(C)(C)C)C(C)C2CCN(C(=O)C3CC3)CC2)ccc1NC(=O)Nc1cnc(C#N)cn1. The van der Waals surface area contributed by atoms with Crippen molar-refractivity contribution < 1.29 is 23.9 Å². The number of rotatable bonds is 9. The minimum absolute atomic E-state index is 0.135. The van der Waals surface area contributed by atoms with Gasteiger partial charge in [-0.15, -0.1) is 0 Å². The van der Waals surface area contributed by atoms with Crippen LogP contribution < -0.4 is 15.4 Å². The van der Waals surface area contributed by atoms with Crippen molar-refractivity contribution in [2.24, 2.45) is 11.8 Å². The van der Waals surface area contributed by atoms with Crippen LogP contribution in [0.1, 0.15) is 64.6 Å². The lowest BCUT2D eigenvalue weighted by molar-refractivity contribution is -0.134. The minimum atomic E-state index is -0.729. The van der Waals surface area contributed by atoms with Crippen LogP contribution in [0.15, 0.2) is 30.6 Å². The Hall–Kier alpha value is -4.11. The van der Waals surface area contributed by atoms with Gasteiger partial charge in [0.1, 0.15) is 22.9 Å². The van der Waals surface area contributed by atoms with E-state index in [-0.39, 0.29) is 35.3 Å². The average Bonchev–Trinajstić information content (AvgIpc) is 3.83. The number of urea groups is 1. The lowest BCUT2D eigenvalue weighted by Crippen LogP contribution is -2.52. The van der Waals surface area contributed by atoms with Gasteiger partial charge < -0.3 is 19.7 Å². The van der Waals surface area contributed by atoms with Crippen LogP contribution in [0, 0.1) is 23.2 Å². The molecule has 1 saturated carbocycles. The van der Waals surface area contributed by atoms with Crippen LogP contribution in [0.25, 0.3) is 0 Å². The van der Waals surface area contributed by atoms with Crippen molar-refractivity contribution >= 4 is 41.1 Å². The summed E-state index contributed by atoms with van der Waals surface area (Å²) < 4.78 is 11.3. The Labute approximate surface area is 263 Å². The molecular weight excluding hydrogens is 586 g/mol. The van der Waals surface area contributed by atoms with Crippen molar-refractivity contribution in [2.75, 3.05) is 30.8 Å². The number of aromatic nitrogens is 2. The van der Waals surface area contributed by atoms with E-state index in [1.54, 1.807) is 23.1 Å². The molecule has 2 N–H and O–H groups in total. The highest BCUT2D eigenvalue weighted by molar-refractivity contribution is 6.21. The maximum absolute atomic E-state index is 13.5. The van der Waals surface area contributed by atoms with Gasteiger partial charge in [0.15, 0.2) is 11.5 Å². The molecule has 1 aromatic carbocycles. The van der Waals surface area contributed by atoms with Gasteiger partial charge in [-0.05, 0) is 77.0 Å². The second-order valence-electron chi connectivity index (χ2n) is 12.2. The molecule has 13 heteroatoms. The van der Waals surface area contributed by atoms with Gasteiger partial charge in [-0.25, -0.2) is 19.6 Å². The monoisotopic (exact) mass is 625 g/mol. The third-order valence-corrected chi connectivity index (χ3v) is 8.10. The standard InChI is InChI=1S/C31H40ClN7O5/c1-19(21-10-12-38(13-11-21)28(40)22-7-8-22)39(30(42)44-31(2,3)4)26(32)15-20-6-9-24(25(14-20)43-5)36-29(41)37-27-18-34-23(16-33)17-35-27/h6,9,14,17-19,21-22,26H,7-8,10-13,15H2,1-5H3,(H2,35,36,37,41). The number of anilines is 2. The quantitative estimate of drug-likeness (QED) is 0.278. The average molecular weight is 626 g/mol. The largest absolute Gasteiger partial charge is 0.495 e. The van der Waals surface area contributed by atoms with E-state index in [0.29, 0.717) is 30.9 Å². The van der Waals surface area contributed by atoms with Crippen LogP contribution >= 0.6 is 11.6 Å². The van der Waals surface area contributed by atoms with Gasteiger partial charge >= 0.3 is 12.1 Å². The molecule has 1 aromatic heterocycles. The maximum Gasteiger partial charge on any atom is 0.411 e. The van der Waals surface area contributed by atoms with Crippen LogP contribution in [0.3, 0.4) is 0 Å². The van der Waals surface area contributed by atoms with Gasteiger partial charge in [0.2, 0.25) is 5.91 Å². The highest BCUT2D eigenvalue weighted by atomic mass is 35.5. The number of amides is 4. The van der Waals surface area contributed by atoms with Gasteiger partial charge in [-0.1, -0.05) is 17.7 Å². The summed E-state index contributed by atoms with van der Waals surface area (Å²) in [7, 11) is 1.49. The number of alkyl halides is 1. The molecule has 0 spiro atoms. The van der Waals surface area contributed by atoms with E-state index >= 15 is 0 Å². The Morgan fingerprint density at radius 3 is 2.41 bits per heavy atom. The van der Waals surface area contributed by atoms with Gasteiger partial charge in [0.25, 0.3) is 0 Å². The number of methoxy groups -OCH3 is 1. The number of nitrogens with zero attached hydrogens (tertiary/aromatic N) is 5. The Kier molecular flexibility index (Phi) is 10.5. The summed E-state index contributed by atoms with van der Waals surface area (Å²) >= 11 is 6.99. The van der Waals surface area contributed by atoms with Gasteiger partial charge in [-0.3, -0.25) is 15.0 Å². The number of nitrogens with one attached hydrogen (secondary N) is 2. The summed E-state index contributed by atoms with van der Waals surface area (Å²) in [6.45, 7) is 8.80. The summed E-state index contributed by atoms with van der Waals surface area (Å²) in [4.78, 5) is 50.0. The van der Waals surface area contributed by atoms with E-state index in [2.05, 4.69) is 20.6 Å². The fourth-order valence-electron chi connectivity index (χ4n) is 5.25. The maximum atomic E-state index is 13.5. The molecule has 2 atom stereocenters. The van der Waals surface area contributed by atoms with Crippen molar-refractivity contribution in [2.45, 2.75) is 76.9 Å². The van der Waals surface area contributed by atoms with E-state index in [0.717, 1.165) is 31.2 Å². The van der Waals surface area contributed by atoms with Crippen LogP contribution in [0.4, 0.5) is 21.1 Å². The van der Waals surface area contributed by atoms with E-state index in [1.807, 2.05) is 38.7 Å². The van der Waals surface area contributed by atoms with Crippen molar-refractivity contribution in [3.05, 3.63) is 41.9 Å². The molecule has 1 aliphatic heterocycles. The summed E-state index contributed by atoms with van der Waals surface area (Å²) in [5, 5.41) is 14.1. The molecule has 44 heavy (non-hydrogen) atoms. The highest BCUT2D eigenvalue weighted by Crippen LogP contribution is 2.35. The summed E-state index contributed by atoms with van der Waals surface area (Å²) in [5.74, 6) is 1.19. The number of piperidine rings is 1.